The van der Waals surface area contributed by atoms with Gasteiger partial charge in [0.15, 0.2) is 0 Å². The van der Waals surface area contributed by atoms with Crippen molar-refractivity contribution in [1.82, 2.24) is 25.0 Å². The second kappa shape index (κ2) is 9.08. The Kier molecular flexibility index (Phi) is 7.77. The first-order valence-electron chi connectivity index (χ1n) is 7.77. The van der Waals surface area contributed by atoms with Gasteiger partial charge in [-0.05, 0) is 45.9 Å². The molecule has 0 saturated carbocycles. The molecule has 0 radical (unpaired) electrons. The Morgan fingerprint density at radius 2 is 2.10 bits per heavy atom. The maximum absolute atomic E-state index is 4.44. The summed E-state index contributed by atoms with van der Waals surface area (Å²) in [6.07, 6.45) is 4.94. The van der Waals surface area contributed by atoms with Crippen LogP contribution in [0.15, 0.2) is 6.33 Å². The molecule has 0 aliphatic carbocycles. The van der Waals surface area contributed by atoms with Crippen LogP contribution in [-0.4, -0.2) is 52.9 Å². The van der Waals surface area contributed by atoms with Crippen LogP contribution in [0.2, 0.25) is 0 Å². The number of nitrogens with one attached hydrogen (secondary N) is 1. The van der Waals surface area contributed by atoms with E-state index in [2.05, 4.69) is 59.8 Å². The number of hydrogen-bond acceptors (Lipinski definition) is 4. The molecule has 0 spiro atoms. The summed E-state index contributed by atoms with van der Waals surface area (Å²) in [7, 11) is 4.25. The molecule has 5 nitrogen and oxygen atoms in total. The van der Waals surface area contributed by atoms with Crippen LogP contribution in [0.4, 0.5) is 0 Å². The number of rotatable bonds is 10. The predicted octanol–water partition coefficient (Wildman–Crippen LogP) is 1.80. The Bertz CT molecular complexity index is 359. The van der Waals surface area contributed by atoms with Crippen LogP contribution in [0.3, 0.4) is 0 Å². The van der Waals surface area contributed by atoms with Gasteiger partial charge in [0.05, 0.1) is 0 Å². The van der Waals surface area contributed by atoms with Gasteiger partial charge in [-0.25, -0.2) is 9.67 Å². The zero-order chi connectivity index (χ0) is 15.0. The summed E-state index contributed by atoms with van der Waals surface area (Å²) in [6.45, 7) is 9.74. The quantitative estimate of drug-likeness (QED) is 0.710. The molecule has 1 unspecified atom stereocenters. The lowest BCUT2D eigenvalue weighted by Crippen LogP contribution is -2.35. The standard InChI is InChI=1S/C15H31N5/c1-6-8-16-14(7-9-19(4)5)10-15-17-12-18-20(15)11-13(2)3/h12-14,16H,6-11H2,1-5H3. The maximum Gasteiger partial charge on any atom is 0.138 e. The van der Waals surface area contributed by atoms with Crippen molar-refractivity contribution in [2.24, 2.45) is 5.92 Å². The molecular formula is C15H31N5. The molecule has 0 aliphatic heterocycles. The lowest BCUT2D eigenvalue weighted by Gasteiger charge is -2.20. The van der Waals surface area contributed by atoms with Gasteiger partial charge in [-0.3, -0.25) is 0 Å². The lowest BCUT2D eigenvalue weighted by atomic mass is 10.1. The van der Waals surface area contributed by atoms with E-state index in [0.29, 0.717) is 12.0 Å². The molecule has 1 aromatic rings. The Hall–Kier alpha value is -0.940. The summed E-state index contributed by atoms with van der Waals surface area (Å²) < 4.78 is 2.06. The van der Waals surface area contributed by atoms with E-state index in [9.17, 15) is 0 Å². The Labute approximate surface area is 123 Å². The van der Waals surface area contributed by atoms with Crippen LogP contribution < -0.4 is 5.32 Å². The minimum absolute atomic E-state index is 0.479. The molecule has 0 fully saturated rings. The molecule has 0 aliphatic rings. The highest BCUT2D eigenvalue weighted by atomic mass is 15.3. The fourth-order valence-electron chi connectivity index (χ4n) is 2.20. The van der Waals surface area contributed by atoms with Gasteiger partial charge < -0.3 is 10.2 Å². The van der Waals surface area contributed by atoms with Crippen LogP contribution in [0, 0.1) is 5.92 Å². The minimum Gasteiger partial charge on any atom is -0.313 e. The van der Waals surface area contributed by atoms with Gasteiger partial charge in [0.25, 0.3) is 0 Å². The number of aromatic nitrogens is 3. The summed E-state index contributed by atoms with van der Waals surface area (Å²) in [5.41, 5.74) is 0. The molecule has 0 saturated heterocycles. The van der Waals surface area contributed by atoms with Gasteiger partial charge in [0, 0.05) is 19.0 Å². The van der Waals surface area contributed by atoms with Crippen molar-refractivity contribution in [2.75, 3.05) is 27.2 Å². The van der Waals surface area contributed by atoms with Gasteiger partial charge in [-0.2, -0.15) is 5.10 Å². The van der Waals surface area contributed by atoms with Crippen molar-refractivity contribution in [3.63, 3.8) is 0 Å². The largest absolute Gasteiger partial charge is 0.313 e. The molecule has 0 bridgehead atoms. The van der Waals surface area contributed by atoms with Gasteiger partial charge in [-0.15, -0.1) is 0 Å². The SMILES string of the molecule is CCCNC(CCN(C)C)Cc1ncnn1CC(C)C. The van der Waals surface area contributed by atoms with E-state index in [1.54, 1.807) is 6.33 Å². The van der Waals surface area contributed by atoms with E-state index in [0.717, 1.165) is 44.7 Å². The topological polar surface area (TPSA) is 46.0 Å². The van der Waals surface area contributed by atoms with Gasteiger partial charge >= 0.3 is 0 Å². The number of hydrogen-bond donors (Lipinski definition) is 1. The van der Waals surface area contributed by atoms with Gasteiger partial charge in [0.2, 0.25) is 0 Å². The normalized spacial score (nSPS) is 13.3. The second-order valence-corrected chi connectivity index (χ2v) is 6.20. The summed E-state index contributed by atoms with van der Waals surface area (Å²) in [5.74, 6) is 1.70. The summed E-state index contributed by atoms with van der Waals surface area (Å²) in [6, 6.07) is 0.479. The third kappa shape index (κ3) is 6.48. The first-order valence-corrected chi connectivity index (χ1v) is 7.77. The van der Waals surface area contributed by atoms with Crippen molar-refractivity contribution in [3.05, 3.63) is 12.2 Å². The highest BCUT2D eigenvalue weighted by molar-refractivity contribution is 4.90. The summed E-state index contributed by atoms with van der Waals surface area (Å²) >= 11 is 0. The molecule has 0 aromatic carbocycles. The maximum atomic E-state index is 4.44. The smallest absolute Gasteiger partial charge is 0.138 e. The molecule has 1 aromatic heterocycles. The van der Waals surface area contributed by atoms with E-state index < -0.39 is 0 Å². The average Bonchev–Trinajstić information content (AvgIpc) is 2.79. The van der Waals surface area contributed by atoms with Gasteiger partial charge in [0.1, 0.15) is 12.2 Å². The first-order chi connectivity index (χ1) is 9.52. The van der Waals surface area contributed by atoms with Crippen molar-refractivity contribution >= 4 is 0 Å². The molecule has 20 heavy (non-hydrogen) atoms. The van der Waals surface area contributed by atoms with E-state index >= 15 is 0 Å². The minimum atomic E-state index is 0.479. The highest BCUT2D eigenvalue weighted by Crippen LogP contribution is 2.07. The molecule has 1 heterocycles. The van der Waals surface area contributed by atoms with Crippen molar-refractivity contribution < 1.29 is 0 Å². The molecule has 1 N–H and O–H groups in total. The monoisotopic (exact) mass is 281 g/mol. The third-order valence-corrected chi connectivity index (χ3v) is 3.27. The van der Waals surface area contributed by atoms with Crippen molar-refractivity contribution in [1.29, 1.82) is 0 Å². The predicted molar refractivity (Wildman–Crippen MR) is 83.8 cm³/mol. The molecule has 5 heteroatoms. The van der Waals surface area contributed by atoms with E-state index in [1.807, 2.05) is 0 Å². The summed E-state index contributed by atoms with van der Waals surface area (Å²) in [4.78, 5) is 6.68. The fourth-order valence-corrected chi connectivity index (χ4v) is 2.20. The first kappa shape index (κ1) is 17.1. The van der Waals surface area contributed by atoms with Crippen molar-refractivity contribution in [3.8, 4) is 0 Å². The van der Waals surface area contributed by atoms with E-state index in [1.165, 1.54) is 0 Å². The Morgan fingerprint density at radius 1 is 1.35 bits per heavy atom. The van der Waals surface area contributed by atoms with Crippen LogP contribution in [-0.2, 0) is 13.0 Å². The zero-order valence-corrected chi connectivity index (χ0v) is 13.8. The van der Waals surface area contributed by atoms with Crippen LogP contribution in [0.25, 0.3) is 0 Å². The van der Waals surface area contributed by atoms with E-state index in [4.69, 9.17) is 0 Å². The van der Waals surface area contributed by atoms with Crippen LogP contribution in [0.5, 0.6) is 0 Å². The number of nitrogens with zero attached hydrogens (tertiary/aromatic N) is 4. The van der Waals surface area contributed by atoms with E-state index in [-0.39, 0.29) is 0 Å². The molecule has 1 atom stereocenters. The Morgan fingerprint density at radius 3 is 2.70 bits per heavy atom. The molecule has 0 amide bonds. The molecule has 116 valence electrons. The van der Waals surface area contributed by atoms with Crippen LogP contribution >= 0.6 is 0 Å². The Balaban J connectivity index is 2.60. The lowest BCUT2D eigenvalue weighted by molar-refractivity contribution is 0.349. The second-order valence-electron chi connectivity index (χ2n) is 6.20. The molecular weight excluding hydrogens is 250 g/mol. The summed E-state index contributed by atoms with van der Waals surface area (Å²) in [5, 5.41) is 7.99. The van der Waals surface area contributed by atoms with Crippen molar-refractivity contribution in [2.45, 2.75) is 52.6 Å². The average molecular weight is 281 g/mol. The van der Waals surface area contributed by atoms with Gasteiger partial charge in [-0.1, -0.05) is 20.8 Å². The highest BCUT2D eigenvalue weighted by Gasteiger charge is 2.14. The van der Waals surface area contributed by atoms with Crippen LogP contribution in [0.1, 0.15) is 39.4 Å². The third-order valence-electron chi connectivity index (χ3n) is 3.27. The molecule has 1 rings (SSSR count). The fraction of sp³-hybridized carbons (Fsp3) is 0.867. The zero-order valence-electron chi connectivity index (χ0n) is 13.8.